The van der Waals surface area contributed by atoms with Crippen molar-refractivity contribution in [3.8, 4) is 16.9 Å². The average molecular weight is 245 g/mol. The summed E-state index contributed by atoms with van der Waals surface area (Å²) in [5, 5.41) is 0. The molecule has 0 spiro atoms. The van der Waals surface area contributed by atoms with Crippen LogP contribution in [0.3, 0.4) is 0 Å². The Hall–Kier alpha value is -2.03. The molecule has 0 radical (unpaired) electrons. The molecule has 18 heavy (non-hydrogen) atoms. The molecule has 0 amide bonds. The third-order valence-corrected chi connectivity index (χ3v) is 2.55. The monoisotopic (exact) mass is 245 g/mol. The number of benzene rings is 2. The highest BCUT2D eigenvalue weighted by molar-refractivity contribution is 5.76. The fourth-order valence-electron chi connectivity index (χ4n) is 1.78. The van der Waals surface area contributed by atoms with Crippen LogP contribution in [0.5, 0.6) is 5.75 Å². The van der Waals surface area contributed by atoms with Crippen molar-refractivity contribution < 1.29 is 9.13 Å². The molecule has 2 N–H and O–H groups in total. The first-order chi connectivity index (χ1) is 8.56. The van der Waals surface area contributed by atoms with Gasteiger partial charge in [-0.2, -0.15) is 0 Å². The molecule has 0 atom stereocenters. The van der Waals surface area contributed by atoms with Gasteiger partial charge in [-0.25, -0.2) is 4.39 Å². The Kier molecular flexibility index (Phi) is 3.51. The van der Waals surface area contributed by atoms with E-state index in [1.54, 1.807) is 6.07 Å². The number of hydrogen-bond acceptors (Lipinski definition) is 2. The molecule has 94 valence electrons. The van der Waals surface area contributed by atoms with Gasteiger partial charge in [-0.1, -0.05) is 12.1 Å². The summed E-state index contributed by atoms with van der Waals surface area (Å²) in [5.41, 5.74) is 8.01. The average Bonchev–Trinajstić information content (AvgIpc) is 2.30. The minimum atomic E-state index is -0.323. The van der Waals surface area contributed by atoms with Crippen LogP contribution in [0.15, 0.2) is 42.5 Å². The predicted molar refractivity (Wildman–Crippen MR) is 72.0 cm³/mol. The summed E-state index contributed by atoms with van der Waals surface area (Å²) in [6.45, 7) is 3.96. The van der Waals surface area contributed by atoms with E-state index in [0.29, 0.717) is 5.69 Å². The summed E-state index contributed by atoms with van der Waals surface area (Å²) in [4.78, 5) is 0. The van der Waals surface area contributed by atoms with Gasteiger partial charge in [-0.3, -0.25) is 0 Å². The fourth-order valence-corrected chi connectivity index (χ4v) is 1.78. The minimum absolute atomic E-state index is 0.145. The van der Waals surface area contributed by atoms with Crippen LogP contribution in [0.4, 0.5) is 10.1 Å². The van der Waals surface area contributed by atoms with Crippen molar-refractivity contribution in [1.29, 1.82) is 0 Å². The summed E-state index contributed by atoms with van der Waals surface area (Å²) in [7, 11) is 0. The number of ether oxygens (including phenoxy) is 1. The second-order valence-corrected chi connectivity index (χ2v) is 4.42. The van der Waals surface area contributed by atoms with Crippen LogP contribution in [-0.4, -0.2) is 6.10 Å². The molecular weight excluding hydrogens is 229 g/mol. The number of halogens is 1. The van der Waals surface area contributed by atoms with Crippen molar-refractivity contribution in [3.05, 3.63) is 48.3 Å². The number of hydrogen-bond donors (Lipinski definition) is 1. The molecule has 0 aliphatic carbocycles. The van der Waals surface area contributed by atoms with Crippen LogP contribution in [0, 0.1) is 5.82 Å². The van der Waals surface area contributed by atoms with Gasteiger partial charge in [0.15, 0.2) is 0 Å². The van der Waals surface area contributed by atoms with Crippen LogP contribution < -0.4 is 10.5 Å². The Morgan fingerprint density at radius 2 is 1.72 bits per heavy atom. The first kappa shape index (κ1) is 12.4. The molecule has 2 nitrogen and oxygen atoms in total. The normalized spacial score (nSPS) is 10.7. The summed E-state index contributed by atoms with van der Waals surface area (Å²) < 4.78 is 18.5. The number of rotatable bonds is 3. The van der Waals surface area contributed by atoms with Gasteiger partial charge in [-0.15, -0.1) is 0 Å². The zero-order valence-electron chi connectivity index (χ0n) is 10.5. The second-order valence-electron chi connectivity index (χ2n) is 4.42. The Morgan fingerprint density at radius 3 is 2.28 bits per heavy atom. The molecule has 0 fully saturated rings. The quantitative estimate of drug-likeness (QED) is 0.833. The van der Waals surface area contributed by atoms with Gasteiger partial charge < -0.3 is 10.5 Å². The van der Waals surface area contributed by atoms with E-state index in [-0.39, 0.29) is 11.9 Å². The predicted octanol–water partition coefficient (Wildman–Crippen LogP) is 3.86. The largest absolute Gasteiger partial charge is 0.491 e. The third kappa shape index (κ3) is 2.80. The summed E-state index contributed by atoms with van der Waals surface area (Å²) in [6, 6.07) is 12.0. The van der Waals surface area contributed by atoms with Gasteiger partial charge >= 0.3 is 0 Å². The molecular formula is C15H16FNO. The first-order valence-corrected chi connectivity index (χ1v) is 5.88. The van der Waals surface area contributed by atoms with Crippen molar-refractivity contribution in [3.63, 3.8) is 0 Å². The molecule has 2 rings (SSSR count). The van der Waals surface area contributed by atoms with E-state index in [9.17, 15) is 4.39 Å². The van der Waals surface area contributed by atoms with Gasteiger partial charge in [0.05, 0.1) is 6.10 Å². The molecule has 0 saturated carbocycles. The van der Waals surface area contributed by atoms with Crippen molar-refractivity contribution in [1.82, 2.24) is 0 Å². The molecule has 0 saturated heterocycles. The highest BCUT2D eigenvalue weighted by atomic mass is 19.1. The highest BCUT2D eigenvalue weighted by Crippen LogP contribution is 2.28. The number of nitrogens with two attached hydrogens (primary N) is 1. The SMILES string of the molecule is CC(C)Oc1ccc(-c2ccc(F)cc2N)cc1. The minimum Gasteiger partial charge on any atom is -0.491 e. The van der Waals surface area contributed by atoms with Gasteiger partial charge in [-0.05, 0) is 49.7 Å². The van der Waals surface area contributed by atoms with E-state index >= 15 is 0 Å². The maximum absolute atomic E-state index is 13.0. The van der Waals surface area contributed by atoms with E-state index < -0.39 is 0 Å². The van der Waals surface area contributed by atoms with Crippen molar-refractivity contribution in [2.24, 2.45) is 0 Å². The summed E-state index contributed by atoms with van der Waals surface area (Å²) >= 11 is 0. The van der Waals surface area contributed by atoms with Gasteiger partial charge in [0, 0.05) is 11.3 Å². The molecule has 0 aliphatic rings. The topological polar surface area (TPSA) is 35.2 Å². The zero-order chi connectivity index (χ0) is 13.1. The Balaban J connectivity index is 2.28. The maximum atomic E-state index is 13.0. The van der Waals surface area contributed by atoms with E-state index in [1.165, 1.54) is 12.1 Å². The highest BCUT2D eigenvalue weighted by Gasteiger charge is 2.04. The molecule has 0 heterocycles. The van der Waals surface area contributed by atoms with Crippen LogP contribution >= 0.6 is 0 Å². The lowest BCUT2D eigenvalue weighted by molar-refractivity contribution is 0.242. The molecule has 3 heteroatoms. The lowest BCUT2D eigenvalue weighted by Gasteiger charge is -2.11. The Morgan fingerprint density at radius 1 is 1.06 bits per heavy atom. The molecule has 2 aromatic rings. The van der Waals surface area contributed by atoms with Gasteiger partial charge in [0.2, 0.25) is 0 Å². The molecule has 0 aromatic heterocycles. The standard InChI is InChI=1S/C15H16FNO/c1-10(2)18-13-6-3-11(4-7-13)14-8-5-12(16)9-15(14)17/h3-10H,17H2,1-2H3. The third-order valence-electron chi connectivity index (χ3n) is 2.55. The van der Waals surface area contributed by atoms with E-state index in [0.717, 1.165) is 16.9 Å². The number of nitrogen functional groups attached to an aromatic ring is 1. The van der Waals surface area contributed by atoms with Crippen molar-refractivity contribution in [2.45, 2.75) is 20.0 Å². The van der Waals surface area contributed by atoms with E-state index in [1.807, 2.05) is 38.1 Å². The maximum Gasteiger partial charge on any atom is 0.125 e. The molecule has 0 bridgehead atoms. The van der Waals surface area contributed by atoms with E-state index in [2.05, 4.69) is 0 Å². The van der Waals surface area contributed by atoms with Crippen LogP contribution in [0.1, 0.15) is 13.8 Å². The summed E-state index contributed by atoms with van der Waals surface area (Å²) in [6.07, 6.45) is 0.145. The van der Waals surface area contributed by atoms with E-state index in [4.69, 9.17) is 10.5 Å². The number of anilines is 1. The first-order valence-electron chi connectivity index (χ1n) is 5.88. The van der Waals surface area contributed by atoms with Crippen LogP contribution in [-0.2, 0) is 0 Å². The molecule has 0 unspecified atom stereocenters. The van der Waals surface area contributed by atoms with Crippen LogP contribution in [0.25, 0.3) is 11.1 Å². The van der Waals surface area contributed by atoms with Crippen molar-refractivity contribution >= 4 is 5.69 Å². The second kappa shape index (κ2) is 5.08. The fraction of sp³-hybridized carbons (Fsp3) is 0.200. The smallest absolute Gasteiger partial charge is 0.125 e. The Labute approximate surface area is 106 Å². The molecule has 0 aliphatic heterocycles. The summed E-state index contributed by atoms with van der Waals surface area (Å²) in [5.74, 6) is 0.491. The lowest BCUT2D eigenvalue weighted by atomic mass is 10.0. The Bertz CT molecular complexity index is 535. The lowest BCUT2D eigenvalue weighted by Crippen LogP contribution is -2.05. The van der Waals surface area contributed by atoms with Gasteiger partial charge in [0.25, 0.3) is 0 Å². The van der Waals surface area contributed by atoms with Gasteiger partial charge in [0.1, 0.15) is 11.6 Å². The zero-order valence-corrected chi connectivity index (χ0v) is 10.5. The van der Waals surface area contributed by atoms with Crippen LogP contribution in [0.2, 0.25) is 0 Å². The molecule has 2 aromatic carbocycles. The van der Waals surface area contributed by atoms with Crippen molar-refractivity contribution in [2.75, 3.05) is 5.73 Å².